The van der Waals surface area contributed by atoms with Crippen molar-refractivity contribution in [3.05, 3.63) is 72.6 Å². The molecule has 0 spiro atoms. The van der Waals surface area contributed by atoms with Gasteiger partial charge in [-0.2, -0.15) is 5.10 Å². The fourth-order valence-corrected chi connectivity index (χ4v) is 2.39. The molecule has 0 radical (unpaired) electrons. The average Bonchev–Trinajstić information content (AvgIpc) is 3.01. The van der Waals surface area contributed by atoms with E-state index in [9.17, 15) is 0 Å². The van der Waals surface area contributed by atoms with Gasteiger partial charge in [0.25, 0.3) is 0 Å². The third-order valence-electron chi connectivity index (χ3n) is 3.66. The molecule has 0 amide bonds. The molecular weight excluding hydrogens is 441 g/mol. The number of nitrogens with one attached hydrogen (secondary N) is 1. The summed E-state index contributed by atoms with van der Waals surface area (Å²) >= 11 is 0. The smallest absolute Gasteiger partial charge is 0.193 e. The molecule has 0 fully saturated rings. The van der Waals surface area contributed by atoms with Gasteiger partial charge >= 0.3 is 0 Å². The molecule has 0 aliphatic heterocycles. The molecule has 0 saturated heterocycles. The first-order chi connectivity index (χ1) is 12.2. The monoisotopic (exact) mass is 463 g/mol. The minimum atomic E-state index is 0. The van der Waals surface area contributed by atoms with Crippen LogP contribution in [0.5, 0.6) is 11.5 Å². The van der Waals surface area contributed by atoms with Crippen LogP contribution in [0.2, 0.25) is 0 Å². The number of nitrogens with zero attached hydrogens (tertiary/aromatic N) is 3. The van der Waals surface area contributed by atoms with Crippen molar-refractivity contribution >= 4 is 35.6 Å². The normalized spacial score (nSPS) is 10.9. The first-order valence-electron chi connectivity index (χ1n) is 8.07. The molecule has 0 saturated carbocycles. The molecule has 0 unspecified atom stereocenters. The number of ether oxygens (including phenoxy) is 1. The summed E-state index contributed by atoms with van der Waals surface area (Å²) in [6, 6.07) is 19.2. The van der Waals surface area contributed by atoms with Crippen molar-refractivity contribution in [2.45, 2.75) is 6.42 Å². The van der Waals surface area contributed by atoms with Gasteiger partial charge in [-0.3, -0.25) is 9.67 Å². The van der Waals surface area contributed by atoms with Crippen LogP contribution in [-0.4, -0.2) is 22.3 Å². The zero-order chi connectivity index (χ0) is 17.5. The molecule has 0 atom stereocenters. The van der Waals surface area contributed by atoms with Gasteiger partial charge in [0, 0.05) is 43.7 Å². The highest BCUT2D eigenvalue weighted by Gasteiger charge is 2.01. The molecule has 3 N–H and O–H groups in total. The number of guanidine groups is 1. The number of rotatable bonds is 6. The molecular formula is C19H22IN5O. The molecule has 1 aromatic heterocycles. The fraction of sp³-hybridized carbons (Fsp3) is 0.158. The van der Waals surface area contributed by atoms with Gasteiger partial charge in [-0.15, -0.1) is 24.0 Å². The van der Waals surface area contributed by atoms with Gasteiger partial charge in [0.2, 0.25) is 0 Å². The number of aryl methyl sites for hydroxylation is 1. The van der Waals surface area contributed by atoms with E-state index in [2.05, 4.69) is 15.4 Å². The first kappa shape index (κ1) is 19.8. The Balaban J connectivity index is 0.00000243. The van der Waals surface area contributed by atoms with Crippen LogP contribution in [0.25, 0.3) is 0 Å². The molecule has 0 bridgehead atoms. The second kappa shape index (κ2) is 9.81. The molecule has 2 aromatic carbocycles. The first-order valence-corrected chi connectivity index (χ1v) is 8.07. The molecule has 6 nitrogen and oxygen atoms in total. The second-order valence-electron chi connectivity index (χ2n) is 5.53. The summed E-state index contributed by atoms with van der Waals surface area (Å²) in [4.78, 5) is 4.35. The fourth-order valence-electron chi connectivity index (χ4n) is 2.39. The van der Waals surface area contributed by atoms with Gasteiger partial charge in [0.1, 0.15) is 11.5 Å². The Morgan fingerprint density at radius 2 is 1.88 bits per heavy atom. The van der Waals surface area contributed by atoms with Crippen LogP contribution >= 0.6 is 24.0 Å². The maximum atomic E-state index is 5.96. The van der Waals surface area contributed by atoms with E-state index in [1.54, 1.807) is 6.20 Å². The van der Waals surface area contributed by atoms with E-state index < -0.39 is 0 Å². The molecule has 1 heterocycles. The zero-order valence-electron chi connectivity index (χ0n) is 14.5. The van der Waals surface area contributed by atoms with Crippen LogP contribution in [0, 0.1) is 0 Å². The van der Waals surface area contributed by atoms with Crippen molar-refractivity contribution < 1.29 is 4.74 Å². The van der Waals surface area contributed by atoms with Crippen molar-refractivity contribution in [3.63, 3.8) is 0 Å². The second-order valence-corrected chi connectivity index (χ2v) is 5.53. The Hall–Kier alpha value is -2.55. The third kappa shape index (κ3) is 5.76. The highest BCUT2D eigenvalue weighted by Crippen LogP contribution is 2.23. The van der Waals surface area contributed by atoms with Gasteiger partial charge in [0.05, 0.1) is 0 Å². The molecule has 0 aliphatic carbocycles. The van der Waals surface area contributed by atoms with Crippen molar-refractivity contribution in [1.29, 1.82) is 0 Å². The number of anilines is 1. The van der Waals surface area contributed by atoms with Gasteiger partial charge in [0.15, 0.2) is 5.96 Å². The van der Waals surface area contributed by atoms with Crippen LogP contribution in [0.15, 0.2) is 71.9 Å². The standard InChI is InChI=1S/C19H21N5O.HI/c1-24-16(11-13-22-24)10-12-21-19(20)23-15-6-5-9-18(14-15)25-17-7-3-2-4-8-17;/h2-9,11,13-14H,10,12H2,1H3,(H3,20,21,23);1H. The highest BCUT2D eigenvalue weighted by molar-refractivity contribution is 14.0. The summed E-state index contributed by atoms with van der Waals surface area (Å²) in [5.41, 5.74) is 7.91. The lowest BCUT2D eigenvalue weighted by Gasteiger charge is -2.09. The van der Waals surface area contributed by atoms with Crippen molar-refractivity contribution in [2.24, 2.45) is 17.8 Å². The Morgan fingerprint density at radius 1 is 1.12 bits per heavy atom. The number of hydrogen-bond donors (Lipinski definition) is 2. The Kier molecular flexibility index (Phi) is 7.46. The predicted molar refractivity (Wildman–Crippen MR) is 115 cm³/mol. The van der Waals surface area contributed by atoms with E-state index in [4.69, 9.17) is 10.5 Å². The van der Waals surface area contributed by atoms with E-state index in [0.29, 0.717) is 12.5 Å². The van der Waals surface area contributed by atoms with E-state index in [0.717, 1.165) is 29.3 Å². The minimum absolute atomic E-state index is 0. The molecule has 26 heavy (non-hydrogen) atoms. The van der Waals surface area contributed by atoms with Crippen LogP contribution in [0.3, 0.4) is 0 Å². The summed E-state index contributed by atoms with van der Waals surface area (Å²) in [5.74, 6) is 1.90. The van der Waals surface area contributed by atoms with Crippen molar-refractivity contribution in [3.8, 4) is 11.5 Å². The van der Waals surface area contributed by atoms with Crippen LogP contribution in [0.1, 0.15) is 5.69 Å². The van der Waals surface area contributed by atoms with E-state index in [-0.39, 0.29) is 24.0 Å². The Labute approximate surface area is 170 Å². The molecule has 7 heteroatoms. The number of hydrogen-bond acceptors (Lipinski definition) is 3. The largest absolute Gasteiger partial charge is 0.457 e. The number of halogens is 1. The summed E-state index contributed by atoms with van der Waals surface area (Å²) < 4.78 is 7.65. The lowest BCUT2D eigenvalue weighted by Crippen LogP contribution is -2.23. The van der Waals surface area contributed by atoms with Gasteiger partial charge < -0.3 is 15.8 Å². The maximum Gasteiger partial charge on any atom is 0.193 e. The predicted octanol–water partition coefficient (Wildman–Crippen LogP) is 3.80. The summed E-state index contributed by atoms with van der Waals surface area (Å²) in [5, 5.41) is 7.22. The van der Waals surface area contributed by atoms with Gasteiger partial charge in [-0.05, 0) is 30.3 Å². The van der Waals surface area contributed by atoms with Gasteiger partial charge in [-0.25, -0.2) is 0 Å². The summed E-state index contributed by atoms with van der Waals surface area (Å²) in [6.45, 7) is 0.596. The maximum absolute atomic E-state index is 5.96. The van der Waals surface area contributed by atoms with Crippen LogP contribution in [0.4, 0.5) is 5.69 Å². The molecule has 136 valence electrons. The Bertz CT molecular complexity index is 848. The quantitative estimate of drug-likeness (QED) is 0.331. The number of para-hydroxylation sites is 1. The van der Waals surface area contributed by atoms with Crippen molar-refractivity contribution in [1.82, 2.24) is 9.78 Å². The van der Waals surface area contributed by atoms with E-state index in [1.165, 1.54) is 0 Å². The molecule has 0 aliphatic rings. The lowest BCUT2D eigenvalue weighted by atomic mass is 10.3. The van der Waals surface area contributed by atoms with Gasteiger partial charge in [-0.1, -0.05) is 24.3 Å². The highest BCUT2D eigenvalue weighted by atomic mass is 127. The molecule has 3 aromatic rings. The van der Waals surface area contributed by atoms with Crippen LogP contribution < -0.4 is 15.8 Å². The number of aromatic nitrogens is 2. The average molecular weight is 463 g/mol. The van der Waals surface area contributed by atoms with E-state index in [1.807, 2.05) is 72.4 Å². The van der Waals surface area contributed by atoms with Crippen molar-refractivity contribution in [2.75, 3.05) is 11.9 Å². The third-order valence-corrected chi connectivity index (χ3v) is 3.66. The number of nitrogens with two attached hydrogens (primary N) is 1. The topological polar surface area (TPSA) is 77.5 Å². The molecule has 3 rings (SSSR count). The zero-order valence-corrected chi connectivity index (χ0v) is 16.8. The number of benzene rings is 2. The summed E-state index contributed by atoms with van der Waals surface area (Å²) in [7, 11) is 1.92. The minimum Gasteiger partial charge on any atom is -0.457 e. The SMILES string of the molecule is Cn1nccc1CCN=C(N)Nc1cccc(Oc2ccccc2)c1.I. The number of aliphatic imine (C=N–C) groups is 1. The van der Waals surface area contributed by atoms with E-state index >= 15 is 0 Å². The Morgan fingerprint density at radius 3 is 2.62 bits per heavy atom. The summed E-state index contributed by atoms with van der Waals surface area (Å²) in [6.07, 6.45) is 2.56. The van der Waals surface area contributed by atoms with Crippen LogP contribution in [-0.2, 0) is 13.5 Å². The lowest BCUT2D eigenvalue weighted by molar-refractivity contribution is 0.483.